The number of fused-ring (bicyclic) bond motifs is 1. The topological polar surface area (TPSA) is 95.7 Å². The predicted molar refractivity (Wildman–Crippen MR) is 91.8 cm³/mol. The van der Waals surface area contributed by atoms with Crippen LogP contribution in [0.2, 0.25) is 5.02 Å². The summed E-state index contributed by atoms with van der Waals surface area (Å²) in [4.78, 5) is 12.4. The first-order valence-corrected chi connectivity index (χ1v) is 7.90. The van der Waals surface area contributed by atoms with E-state index in [2.05, 4.69) is 15.5 Å². The summed E-state index contributed by atoms with van der Waals surface area (Å²) in [6.45, 7) is 0.172. The Morgan fingerprint density at radius 1 is 1.15 bits per heavy atom. The van der Waals surface area contributed by atoms with Gasteiger partial charge >= 0.3 is 6.01 Å². The lowest BCUT2D eigenvalue weighted by Crippen LogP contribution is -2.13. The Balaban J connectivity index is 1.55. The van der Waals surface area contributed by atoms with Gasteiger partial charge in [0.15, 0.2) is 11.5 Å². The van der Waals surface area contributed by atoms with Crippen LogP contribution in [0.25, 0.3) is 11.5 Å². The van der Waals surface area contributed by atoms with Gasteiger partial charge in [-0.1, -0.05) is 16.7 Å². The van der Waals surface area contributed by atoms with Crippen LogP contribution in [0.3, 0.4) is 0 Å². The summed E-state index contributed by atoms with van der Waals surface area (Å²) in [5.74, 6) is 1.37. The number of nitrogens with zero attached hydrogens (tertiary/aromatic N) is 2. The lowest BCUT2D eigenvalue weighted by molar-refractivity contribution is 0.102. The number of aromatic nitrogens is 2. The molecule has 0 spiro atoms. The summed E-state index contributed by atoms with van der Waals surface area (Å²) in [5.41, 5.74) is 0.894. The Morgan fingerprint density at radius 2 is 2.00 bits per heavy atom. The van der Waals surface area contributed by atoms with E-state index in [0.717, 1.165) is 0 Å². The van der Waals surface area contributed by atoms with Crippen LogP contribution in [0, 0.1) is 0 Å². The predicted octanol–water partition coefficient (Wildman–Crippen LogP) is 3.38. The number of hydrogen-bond acceptors (Lipinski definition) is 7. The zero-order valence-corrected chi connectivity index (χ0v) is 14.2. The van der Waals surface area contributed by atoms with Crippen molar-refractivity contribution in [1.29, 1.82) is 0 Å². The maximum Gasteiger partial charge on any atom is 0.322 e. The standard InChI is InChI=1S/C17H12ClN3O5/c1-23-12-5-3-10(18)7-11(12)15(22)19-17-21-20-16(26-17)9-2-4-13-14(6-9)25-8-24-13/h2-7H,8H2,1H3,(H,19,21,22). The van der Waals surface area contributed by atoms with E-state index >= 15 is 0 Å². The van der Waals surface area contributed by atoms with Crippen molar-refractivity contribution < 1.29 is 23.4 Å². The first-order valence-electron chi connectivity index (χ1n) is 7.52. The molecule has 3 aromatic rings. The van der Waals surface area contributed by atoms with Gasteiger partial charge in [-0.3, -0.25) is 10.1 Å². The second-order valence-corrected chi connectivity index (χ2v) is 5.72. The summed E-state index contributed by atoms with van der Waals surface area (Å²) in [5, 5.41) is 10.7. The highest BCUT2D eigenvalue weighted by Gasteiger charge is 2.19. The first-order chi connectivity index (χ1) is 12.6. The van der Waals surface area contributed by atoms with Gasteiger partial charge in [-0.15, -0.1) is 5.10 Å². The number of amides is 1. The van der Waals surface area contributed by atoms with Crippen molar-refractivity contribution in [3.05, 3.63) is 47.0 Å². The third-order valence-electron chi connectivity index (χ3n) is 3.67. The van der Waals surface area contributed by atoms with Gasteiger partial charge in [-0.05, 0) is 36.4 Å². The molecule has 132 valence electrons. The van der Waals surface area contributed by atoms with Crippen molar-refractivity contribution in [2.45, 2.75) is 0 Å². The van der Waals surface area contributed by atoms with E-state index in [0.29, 0.717) is 27.8 Å². The quantitative estimate of drug-likeness (QED) is 0.748. The van der Waals surface area contributed by atoms with Crippen LogP contribution >= 0.6 is 11.6 Å². The highest BCUT2D eigenvalue weighted by molar-refractivity contribution is 6.31. The van der Waals surface area contributed by atoms with Crippen molar-refractivity contribution in [3.8, 4) is 28.7 Å². The van der Waals surface area contributed by atoms with E-state index in [9.17, 15) is 4.79 Å². The van der Waals surface area contributed by atoms with Gasteiger partial charge in [0.2, 0.25) is 12.7 Å². The molecule has 9 heteroatoms. The van der Waals surface area contributed by atoms with Crippen LogP contribution < -0.4 is 19.5 Å². The third-order valence-corrected chi connectivity index (χ3v) is 3.91. The fourth-order valence-electron chi connectivity index (χ4n) is 2.44. The molecular weight excluding hydrogens is 362 g/mol. The lowest BCUT2D eigenvalue weighted by atomic mass is 10.2. The van der Waals surface area contributed by atoms with E-state index in [4.69, 9.17) is 30.2 Å². The number of carbonyl (C=O) groups excluding carboxylic acids is 1. The molecule has 0 bridgehead atoms. The zero-order chi connectivity index (χ0) is 18.1. The van der Waals surface area contributed by atoms with Crippen LogP contribution in [-0.2, 0) is 0 Å². The van der Waals surface area contributed by atoms with Crippen molar-refractivity contribution in [2.24, 2.45) is 0 Å². The Morgan fingerprint density at radius 3 is 2.85 bits per heavy atom. The number of methoxy groups -OCH3 is 1. The fourth-order valence-corrected chi connectivity index (χ4v) is 2.61. The van der Waals surface area contributed by atoms with Crippen molar-refractivity contribution >= 4 is 23.5 Å². The highest BCUT2D eigenvalue weighted by atomic mass is 35.5. The minimum Gasteiger partial charge on any atom is -0.496 e. The number of hydrogen-bond donors (Lipinski definition) is 1. The maximum absolute atomic E-state index is 12.4. The van der Waals surface area contributed by atoms with Gasteiger partial charge in [-0.2, -0.15) is 0 Å². The SMILES string of the molecule is COc1ccc(Cl)cc1C(=O)Nc1nnc(-c2ccc3c(c2)OCO3)o1. The second kappa shape index (κ2) is 6.57. The average Bonchev–Trinajstić information content (AvgIpc) is 3.30. The van der Waals surface area contributed by atoms with Crippen LogP contribution in [0.4, 0.5) is 6.01 Å². The number of carbonyl (C=O) groups is 1. The molecule has 26 heavy (non-hydrogen) atoms. The Kier molecular flexibility index (Phi) is 4.10. The molecule has 2 heterocycles. The molecule has 1 amide bonds. The molecule has 4 rings (SSSR count). The summed E-state index contributed by atoms with van der Waals surface area (Å²) in [7, 11) is 1.46. The molecule has 0 radical (unpaired) electrons. The molecule has 0 unspecified atom stereocenters. The van der Waals surface area contributed by atoms with Crippen LogP contribution in [0.5, 0.6) is 17.2 Å². The van der Waals surface area contributed by atoms with E-state index in [1.165, 1.54) is 13.2 Å². The summed E-state index contributed by atoms with van der Waals surface area (Å²) in [6.07, 6.45) is 0. The van der Waals surface area contributed by atoms with Crippen LogP contribution in [0.15, 0.2) is 40.8 Å². The largest absolute Gasteiger partial charge is 0.496 e. The summed E-state index contributed by atoms with van der Waals surface area (Å²) >= 11 is 5.94. The molecule has 8 nitrogen and oxygen atoms in total. The van der Waals surface area contributed by atoms with E-state index in [-0.39, 0.29) is 24.3 Å². The molecule has 1 aliphatic rings. The Labute approximate surface area is 152 Å². The molecule has 0 atom stereocenters. The van der Waals surface area contributed by atoms with Gasteiger partial charge < -0.3 is 18.6 Å². The van der Waals surface area contributed by atoms with E-state index in [1.807, 2.05) is 0 Å². The number of ether oxygens (including phenoxy) is 3. The summed E-state index contributed by atoms with van der Waals surface area (Å²) < 4.78 is 21.2. The number of rotatable bonds is 4. The average molecular weight is 374 g/mol. The molecule has 1 N–H and O–H groups in total. The molecule has 0 aliphatic carbocycles. The fraction of sp³-hybridized carbons (Fsp3) is 0.118. The monoisotopic (exact) mass is 373 g/mol. The normalized spacial score (nSPS) is 12.1. The molecular formula is C17H12ClN3O5. The van der Waals surface area contributed by atoms with Crippen LogP contribution in [-0.4, -0.2) is 30.0 Å². The molecule has 1 aromatic heterocycles. The van der Waals surface area contributed by atoms with Crippen molar-refractivity contribution in [2.75, 3.05) is 19.2 Å². The first kappa shape index (κ1) is 16.2. The van der Waals surface area contributed by atoms with Crippen LogP contribution in [0.1, 0.15) is 10.4 Å². The molecule has 2 aromatic carbocycles. The number of anilines is 1. The molecule has 0 saturated heterocycles. The van der Waals surface area contributed by atoms with Crippen molar-refractivity contribution in [1.82, 2.24) is 10.2 Å². The third kappa shape index (κ3) is 3.02. The minimum atomic E-state index is -0.481. The van der Waals surface area contributed by atoms with Gasteiger partial charge in [0.05, 0.1) is 12.7 Å². The smallest absolute Gasteiger partial charge is 0.322 e. The van der Waals surface area contributed by atoms with E-state index < -0.39 is 5.91 Å². The number of benzene rings is 2. The maximum atomic E-state index is 12.4. The zero-order valence-electron chi connectivity index (χ0n) is 13.5. The number of nitrogens with one attached hydrogen (secondary N) is 1. The van der Waals surface area contributed by atoms with Gasteiger partial charge in [0.1, 0.15) is 5.75 Å². The van der Waals surface area contributed by atoms with Gasteiger partial charge in [0, 0.05) is 10.6 Å². The van der Waals surface area contributed by atoms with Gasteiger partial charge in [-0.25, -0.2) is 0 Å². The highest BCUT2D eigenvalue weighted by Crippen LogP contribution is 2.35. The molecule has 0 fully saturated rings. The number of halogens is 1. The summed E-state index contributed by atoms with van der Waals surface area (Å²) in [6, 6.07) is 9.89. The Bertz CT molecular complexity index is 988. The van der Waals surface area contributed by atoms with E-state index in [1.54, 1.807) is 30.3 Å². The Hall–Kier alpha value is -3.26. The second-order valence-electron chi connectivity index (χ2n) is 5.28. The lowest BCUT2D eigenvalue weighted by Gasteiger charge is -2.07. The molecule has 0 saturated carbocycles. The van der Waals surface area contributed by atoms with Gasteiger partial charge in [0.25, 0.3) is 5.91 Å². The minimum absolute atomic E-state index is 0.0512. The van der Waals surface area contributed by atoms with Crippen molar-refractivity contribution in [3.63, 3.8) is 0 Å². The molecule has 1 aliphatic heterocycles.